The van der Waals surface area contributed by atoms with Crippen LogP contribution in [-0.4, -0.2) is 59.1 Å². The van der Waals surface area contributed by atoms with Crippen molar-refractivity contribution in [1.82, 2.24) is 0 Å². The molecule has 5 N–H and O–H groups in total. The molecule has 8 nitrogen and oxygen atoms in total. The van der Waals surface area contributed by atoms with Crippen LogP contribution in [0.3, 0.4) is 0 Å². The maximum atomic E-state index is 10.3. The Morgan fingerprint density at radius 2 is 1.75 bits per heavy atom. The molecule has 0 unspecified atom stereocenters. The average molecular weight is 392 g/mol. The number of ether oxygens (including phenoxy) is 3. The second kappa shape index (κ2) is 8.24. The van der Waals surface area contributed by atoms with E-state index in [-0.39, 0.29) is 18.1 Å². The van der Waals surface area contributed by atoms with Crippen molar-refractivity contribution in [3.63, 3.8) is 0 Å². The lowest BCUT2D eigenvalue weighted by atomic mass is 9.89. The molecule has 1 aliphatic rings. The van der Waals surface area contributed by atoms with Crippen LogP contribution in [0.4, 0.5) is 0 Å². The Morgan fingerprint density at radius 3 is 2.36 bits per heavy atom. The van der Waals surface area contributed by atoms with Gasteiger partial charge in [-0.3, -0.25) is 0 Å². The van der Waals surface area contributed by atoms with E-state index in [0.717, 1.165) is 0 Å². The summed E-state index contributed by atoms with van der Waals surface area (Å²) in [5.41, 5.74) is 1.63. The topological polar surface area (TPSA) is 129 Å². The van der Waals surface area contributed by atoms with Crippen molar-refractivity contribution in [2.45, 2.75) is 24.2 Å². The van der Waals surface area contributed by atoms with Gasteiger partial charge in [0.05, 0.1) is 33.4 Å². The number of phenolic OH excluding ortho intramolecular Hbond substituents is 1. The molecule has 3 rings (SSSR count). The van der Waals surface area contributed by atoms with Gasteiger partial charge in [0.2, 0.25) is 0 Å². The maximum Gasteiger partial charge on any atom is 0.165 e. The van der Waals surface area contributed by atoms with Gasteiger partial charge in [-0.15, -0.1) is 0 Å². The third-order valence-corrected chi connectivity index (χ3v) is 4.96. The van der Waals surface area contributed by atoms with Gasteiger partial charge in [-0.25, -0.2) is 0 Å². The Hall–Kier alpha value is -2.52. The molecule has 28 heavy (non-hydrogen) atoms. The molecule has 0 bridgehead atoms. The van der Waals surface area contributed by atoms with Gasteiger partial charge in [-0.1, -0.05) is 6.07 Å². The molecule has 4 atom stereocenters. The number of benzene rings is 2. The molecular weight excluding hydrogens is 368 g/mol. The summed E-state index contributed by atoms with van der Waals surface area (Å²) in [5.74, 6) is 0.555. The fourth-order valence-corrected chi connectivity index (χ4v) is 3.43. The van der Waals surface area contributed by atoms with Crippen LogP contribution in [0.5, 0.6) is 23.0 Å². The summed E-state index contributed by atoms with van der Waals surface area (Å²) in [4.78, 5) is 0. The molecule has 1 heterocycles. The van der Waals surface area contributed by atoms with E-state index in [1.807, 2.05) is 0 Å². The van der Waals surface area contributed by atoms with Crippen LogP contribution >= 0.6 is 0 Å². The zero-order chi connectivity index (χ0) is 20.4. The van der Waals surface area contributed by atoms with E-state index in [1.54, 1.807) is 18.2 Å². The third kappa shape index (κ3) is 3.47. The van der Waals surface area contributed by atoms with Gasteiger partial charge in [-0.05, 0) is 35.4 Å². The van der Waals surface area contributed by atoms with Crippen LogP contribution in [0.15, 0.2) is 30.3 Å². The summed E-state index contributed by atoms with van der Waals surface area (Å²) in [6, 6.07) is 7.94. The second-order valence-electron chi connectivity index (χ2n) is 6.60. The first-order valence-corrected chi connectivity index (χ1v) is 8.78. The zero-order valence-corrected chi connectivity index (χ0v) is 15.6. The van der Waals surface area contributed by atoms with Gasteiger partial charge in [0.1, 0.15) is 18.3 Å². The van der Waals surface area contributed by atoms with Crippen molar-refractivity contribution in [1.29, 1.82) is 0 Å². The highest BCUT2D eigenvalue weighted by Crippen LogP contribution is 2.52. The number of aliphatic hydroxyl groups is 4. The Kier molecular flexibility index (Phi) is 5.95. The number of methoxy groups -OCH3 is 2. The van der Waals surface area contributed by atoms with Crippen molar-refractivity contribution in [3.8, 4) is 23.0 Å². The smallest absolute Gasteiger partial charge is 0.165 e. The fourth-order valence-electron chi connectivity index (χ4n) is 3.43. The molecule has 0 radical (unpaired) electrons. The van der Waals surface area contributed by atoms with Crippen LogP contribution < -0.4 is 14.2 Å². The summed E-state index contributed by atoms with van der Waals surface area (Å²) in [6.07, 6.45) is -3.25. The molecule has 8 heteroatoms. The van der Waals surface area contributed by atoms with Crippen molar-refractivity contribution < 1.29 is 39.7 Å². The number of aromatic hydroxyl groups is 1. The van der Waals surface area contributed by atoms with E-state index in [1.165, 1.54) is 26.4 Å². The van der Waals surface area contributed by atoms with Crippen LogP contribution in [-0.2, 0) is 0 Å². The van der Waals surface area contributed by atoms with Crippen molar-refractivity contribution >= 4 is 0 Å². The van der Waals surface area contributed by atoms with E-state index in [2.05, 4.69) is 0 Å². The Labute approximate surface area is 162 Å². The molecule has 2 aromatic carbocycles. The predicted octanol–water partition coefficient (Wildman–Crippen LogP) is 1.01. The Morgan fingerprint density at radius 1 is 1.04 bits per heavy atom. The molecular formula is C20H24O8. The summed E-state index contributed by atoms with van der Waals surface area (Å²) in [5, 5.41) is 49.0. The number of phenols is 1. The van der Waals surface area contributed by atoms with Crippen LogP contribution in [0.25, 0.3) is 0 Å². The molecule has 0 aliphatic carbocycles. The lowest BCUT2D eigenvalue weighted by Crippen LogP contribution is -2.22. The van der Waals surface area contributed by atoms with Gasteiger partial charge < -0.3 is 39.7 Å². The van der Waals surface area contributed by atoms with E-state index < -0.39 is 30.8 Å². The van der Waals surface area contributed by atoms with Gasteiger partial charge in [0.25, 0.3) is 0 Å². The highest BCUT2D eigenvalue weighted by Gasteiger charge is 2.38. The van der Waals surface area contributed by atoms with Crippen LogP contribution in [0.2, 0.25) is 0 Å². The van der Waals surface area contributed by atoms with E-state index in [9.17, 15) is 20.4 Å². The van der Waals surface area contributed by atoms with E-state index >= 15 is 0 Å². The lowest BCUT2D eigenvalue weighted by Gasteiger charge is -2.19. The monoisotopic (exact) mass is 392 g/mol. The molecule has 0 saturated carbocycles. The van der Waals surface area contributed by atoms with Crippen molar-refractivity contribution in [3.05, 3.63) is 47.0 Å². The van der Waals surface area contributed by atoms with Crippen molar-refractivity contribution in [2.75, 3.05) is 27.4 Å². The normalized spacial score (nSPS) is 20.2. The fraction of sp³-hybridized carbons (Fsp3) is 0.400. The van der Waals surface area contributed by atoms with E-state index in [0.29, 0.717) is 28.2 Å². The predicted molar refractivity (Wildman–Crippen MR) is 98.9 cm³/mol. The minimum Gasteiger partial charge on any atom is -0.504 e. The Balaban J connectivity index is 2.04. The van der Waals surface area contributed by atoms with Gasteiger partial charge in [0.15, 0.2) is 23.0 Å². The first-order valence-electron chi connectivity index (χ1n) is 8.78. The highest BCUT2D eigenvalue weighted by atomic mass is 16.5. The minimum absolute atomic E-state index is 0.0108. The van der Waals surface area contributed by atoms with Crippen LogP contribution in [0.1, 0.15) is 34.8 Å². The average Bonchev–Trinajstić information content (AvgIpc) is 3.10. The van der Waals surface area contributed by atoms with Gasteiger partial charge in [-0.2, -0.15) is 0 Å². The first-order chi connectivity index (χ1) is 13.4. The molecule has 1 aliphatic heterocycles. The summed E-state index contributed by atoms with van der Waals surface area (Å²) < 4.78 is 16.6. The van der Waals surface area contributed by atoms with Crippen molar-refractivity contribution in [2.24, 2.45) is 0 Å². The molecule has 2 aromatic rings. The third-order valence-electron chi connectivity index (χ3n) is 4.96. The largest absolute Gasteiger partial charge is 0.504 e. The number of aliphatic hydroxyl groups excluding tert-OH is 4. The molecule has 0 saturated heterocycles. The number of hydrogen-bond acceptors (Lipinski definition) is 8. The molecule has 0 amide bonds. The molecule has 0 fully saturated rings. The summed E-state index contributed by atoms with van der Waals surface area (Å²) >= 11 is 0. The molecule has 0 aromatic heterocycles. The Bertz CT molecular complexity index is 837. The quantitative estimate of drug-likeness (QED) is 0.472. The van der Waals surface area contributed by atoms with E-state index in [4.69, 9.17) is 19.3 Å². The van der Waals surface area contributed by atoms with Gasteiger partial charge >= 0.3 is 0 Å². The molecule has 152 valence electrons. The minimum atomic E-state index is -1.35. The first kappa shape index (κ1) is 20.2. The zero-order valence-electron chi connectivity index (χ0n) is 15.6. The van der Waals surface area contributed by atoms with Gasteiger partial charge in [0, 0.05) is 5.56 Å². The number of fused-ring (bicyclic) bond motifs is 1. The SMILES string of the molecule is COc1cc([C@@H]2Oc3c(OC)cc([C@H](O)[C@@H](O)CO)cc3[C@@H]2CO)ccc1O. The highest BCUT2D eigenvalue weighted by molar-refractivity contribution is 5.56. The molecule has 0 spiro atoms. The van der Waals surface area contributed by atoms with Crippen LogP contribution in [0, 0.1) is 0 Å². The lowest BCUT2D eigenvalue weighted by molar-refractivity contribution is -0.0153. The summed E-state index contributed by atoms with van der Waals surface area (Å²) in [6.45, 7) is -0.845. The second-order valence-corrected chi connectivity index (χ2v) is 6.60. The summed E-state index contributed by atoms with van der Waals surface area (Å²) in [7, 11) is 2.89. The number of hydrogen-bond donors (Lipinski definition) is 5. The number of rotatable bonds is 7. The maximum absolute atomic E-state index is 10.3. The standard InChI is InChI=1S/C20H24O8/c1-26-16-6-10(3-4-14(16)23)19-13(8-21)12-5-11(18(25)15(24)9-22)7-17(27-2)20(12)28-19/h3-7,13,15,18-19,21-25H,8-9H2,1-2H3/t13-,15-,18-,19-/m0/s1.